The Morgan fingerprint density at radius 3 is 2.72 bits per heavy atom. The zero-order chi connectivity index (χ0) is 22.7. The molecule has 0 saturated heterocycles. The molecule has 4 aromatic rings. The summed E-state index contributed by atoms with van der Waals surface area (Å²) in [4.78, 5) is 17.0. The zero-order valence-electron chi connectivity index (χ0n) is 18.2. The monoisotopic (exact) mass is 469 g/mol. The van der Waals surface area contributed by atoms with Gasteiger partial charge in [-0.3, -0.25) is 4.79 Å². The molecule has 0 aliphatic rings. The number of hydrogen-bond donors (Lipinski definition) is 1. The van der Waals surface area contributed by atoms with E-state index < -0.39 is 0 Å². The number of thioether (sulfide) groups is 1. The van der Waals surface area contributed by atoms with Gasteiger partial charge < -0.3 is 19.4 Å². The van der Waals surface area contributed by atoms with Gasteiger partial charge in [-0.05, 0) is 37.6 Å². The molecule has 1 amide bonds. The van der Waals surface area contributed by atoms with E-state index in [9.17, 15) is 4.79 Å². The molecule has 8 nitrogen and oxygen atoms in total. The second kappa shape index (κ2) is 9.58. The predicted octanol–water partition coefficient (Wildman–Crippen LogP) is 4.61. The van der Waals surface area contributed by atoms with E-state index in [1.54, 1.807) is 7.11 Å². The van der Waals surface area contributed by atoms with Gasteiger partial charge in [-0.25, -0.2) is 4.98 Å². The fourth-order valence-electron chi connectivity index (χ4n) is 3.19. The van der Waals surface area contributed by atoms with Gasteiger partial charge in [0, 0.05) is 7.05 Å². The molecular formula is C22H23N5O3S2. The van der Waals surface area contributed by atoms with Gasteiger partial charge in [0.05, 0.1) is 23.1 Å². The molecule has 32 heavy (non-hydrogen) atoms. The summed E-state index contributed by atoms with van der Waals surface area (Å²) in [5.74, 6) is 1.99. The Balaban J connectivity index is 1.37. The van der Waals surface area contributed by atoms with E-state index >= 15 is 0 Å². The van der Waals surface area contributed by atoms with Crippen LogP contribution >= 0.6 is 23.1 Å². The van der Waals surface area contributed by atoms with Gasteiger partial charge in [0.2, 0.25) is 5.91 Å². The number of para-hydroxylation sites is 3. The Morgan fingerprint density at radius 1 is 1.19 bits per heavy atom. The maximum atomic E-state index is 12.4. The molecule has 10 heteroatoms. The standard InChI is InChI=1S/C22H23N5O3S2/c1-13-8-7-11-17-19(13)24-21(32-17)23-18(28)12-31-22-26-25-20(27(22)3)14(2)30-16-10-6-5-9-15(16)29-4/h5-11,14H,12H2,1-4H3,(H,23,24,28). The van der Waals surface area contributed by atoms with Crippen molar-refractivity contribution in [3.05, 3.63) is 53.9 Å². The summed E-state index contributed by atoms with van der Waals surface area (Å²) >= 11 is 2.77. The van der Waals surface area contributed by atoms with Crippen LogP contribution in [0, 0.1) is 6.92 Å². The van der Waals surface area contributed by atoms with Crippen LogP contribution in [0.1, 0.15) is 24.4 Å². The van der Waals surface area contributed by atoms with Crippen LogP contribution in [-0.4, -0.2) is 38.5 Å². The van der Waals surface area contributed by atoms with Crippen molar-refractivity contribution in [2.75, 3.05) is 18.2 Å². The summed E-state index contributed by atoms with van der Waals surface area (Å²) in [5.41, 5.74) is 2.01. The number of aromatic nitrogens is 4. The van der Waals surface area contributed by atoms with E-state index in [4.69, 9.17) is 9.47 Å². The van der Waals surface area contributed by atoms with Gasteiger partial charge in [-0.1, -0.05) is 47.4 Å². The number of nitrogens with one attached hydrogen (secondary N) is 1. The first kappa shape index (κ1) is 22.1. The van der Waals surface area contributed by atoms with E-state index in [0.29, 0.717) is 27.6 Å². The predicted molar refractivity (Wildman–Crippen MR) is 127 cm³/mol. The third-order valence-electron chi connectivity index (χ3n) is 4.80. The number of hydrogen-bond acceptors (Lipinski definition) is 8. The average Bonchev–Trinajstić information content (AvgIpc) is 3.36. The first-order valence-corrected chi connectivity index (χ1v) is 11.7. The maximum absolute atomic E-state index is 12.4. The normalized spacial score (nSPS) is 12.0. The summed E-state index contributed by atoms with van der Waals surface area (Å²) < 4.78 is 14.2. The van der Waals surface area contributed by atoms with Crippen LogP contribution in [-0.2, 0) is 11.8 Å². The van der Waals surface area contributed by atoms with E-state index in [1.165, 1.54) is 23.1 Å². The number of ether oxygens (including phenoxy) is 2. The van der Waals surface area contributed by atoms with Crippen molar-refractivity contribution in [1.29, 1.82) is 0 Å². The van der Waals surface area contributed by atoms with Gasteiger partial charge in [-0.2, -0.15) is 0 Å². The van der Waals surface area contributed by atoms with Crippen molar-refractivity contribution in [2.24, 2.45) is 7.05 Å². The summed E-state index contributed by atoms with van der Waals surface area (Å²) in [6.07, 6.45) is -0.349. The van der Waals surface area contributed by atoms with Gasteiger partial charge >= 0.3 is 0 Å². The third kappa shape index (κ3) is 4.71. The molecular weight excluding hydrogens is 446 g/mol. The molecule has 2 heterocycles. The lowest BCUT2D eigenvalue weighted by molar-refractivity contribution is -0.113. The first-order valence-electron chi connectivity index (χ1n) is 9.94. The number of fused-ring (bicyclic) bond motifs is 1. The topological polar surface area (TPSA) is 91.2 Å². The second-order valence-electron chi connectivity index (χ2n) is 7.09. The third-order valence-corrected chi connectivity index (χ3v) is 6.76. The molecule has 1 atom stereocenters. The van der Waals surface area contributed by atoms with Crippen molar-refractivity contribution in [2.45, 2.75) is 25.1 Å². The highest BCUT2D eigenvalue weighted by Crippen LogP contribution is 2.31. The van der Waals surface area contributed by atoms with E-state index in [-0.39, 0.29) is 17.8 Å². The lowest BCUT2D eigenvalue weighted by atomic mass is 10.2. The average molecular weight is 470 g/mol. The highest BCUT2D eigenvalue weighted by molar-refractivity contribution is 7.99. The molecule has 0 saturated carbocycles. The smallest absolute Gasteiger partial charge is 0.236 e. The Hall–Kier alpha value is -3.11. The highest BCUT2D eigenvalue weighted by Gasteiger charge is 2.19. The lowest BCUT2D eigenvalue weighted by Gasteiger charge is -2.16. The number of rotatable bonds is 8. The van der Waals surface area contributed by atoms with Gasteiger partial charge in [-0.15, -0.1) is 10.2 Å². The number of anilines is 1. The van der Waals surface area contributed by atoms with Gasteiger partial charge in [0.25, 0.3) is 0 Å². The second-order valence-corrected chi connectivity index (χ2v) is 9.06. The van der Waals surface area contributed by atoms with E-state index in [0.717, 1.165) is 15.8 Å². The lowest BCUT2D eigenvalue weighted by Crippen LogP contribution is -2.14. The summed E-state index contributed by atoms with van der Waals surface area (Å²) in [6.45, 7) is 3.90. The van der Waals surface area contributed by atoms with Crippen molar-refractivity contribution in [3.63, 3.8) is 0 Å². The van der Waals surface area contributed by atoms with Crippen LogP contribution < -0.4 is 14.8 Å². The first-order chi connectivity index (χ1) is 15.5. The molecule has 0 bridgehead atoms. The van der Waals surface area contributed by atoms with Crippen LogP contribution in [0.2, 0.25) is 0 Å². The molecule has 0 spiro atoms. The largest absolute Gasteiger partial charge is 0.493 e. The molecule has 2 aromatic carbocycles. The fourth-order valence-corrected chi connectivity index (χ4v) is 4.87. The van der Waals surface area contributed by atoms with Crippen molar-refractivity contribution in [1.82, 2.24) is 19.7 Å². The number of aryl methyl sites for hydroxylation is 1. The molecule has 0 fully saturated rings. The minimum Gasteiger partial charge on any atom is -0.493 e. The van der Waals surface area contributed by atoms with E-state index in [2.05, 4.69) is 20.5 Å². The number of carbonyl (C=O) groups is 1. The molecule has 0 radical (unpaired) electrons. The Kier molecular flexibility index (Phi) is 6.61. The van der Waals surface area contributed by atoms with Crippen LogP contribution in [0.5, 0.6) is 11.5 Å². The molecule has 1 N–H and O–H groups in total. The molecule has 2 aromatic heterocycles. The molecule has 1 unspecified atom stereocenters. The van der Waals surface area contributed by atoms with E-state index in [1.807, 2.05) is 67.9 Å². The Morgan fingerprint density at radius 2 is 1.97 bits per heavy atom. The molecule has 166 valence electrons. The Bertz CT molecular complexity index is 1250. The van der Waals surface area contributed by atoms with Crippen LogP contribution in [0.25, 0.3) is 10.2 Å². The highest BCUT2D eigenvalue weighted by atomic mass is 32.2. The number of benzene rings is 2. The molecule has 0 aliphatic heterocycles. The van der Waals surface area contributed by atoms with Crippen molar-refractivity contribution >= 4 is 44.4 Å². The van der Waals surface area contributed by atoms with Crippen LogP contribution in [0.4, 0.5) is 5.13 Å². The Labute approximate surface area is 194 Å². The maximum Gasteiger partial charge on any atom is 0.236 e. The zero-order valence-corrected chi connectivity index (χ0v) is 19.8. The fraction of sp³-hybridized carbons (Fsp3) is 0.273. The summed E-state index contributed by atoms with van der Waals surface area (Å²) in [5, 5.41) is 12.6. The number of carbonyl (C=O) groups excluding carboxylic acids is 1. The quantitative estimate of drug-likeness (QED) is 0.377. The number of thiazole rings is 1. The van der Waals surface area contributed by atoms with Gasteiger partial charge in [0.1, 0.15) is 0 Å². The van der Waals surface area contributed by atoms with Crippen molar-refractivity contribution in [3.8, 4) is 11.5 Å². The summed E-state index contributed by atoms with van der Waals surface area (Å²) in [7, 11) is 3.46. The number of methoxy groups -OCH3 is 1. The minimum absolute atomic E-state index is 0.144. The van der Waals surface area contributed by atoms with Gasteiger partial charge in [0.15, 0.2) is 33.7 Å². The van der Waals surface area contributed by atoms with Crippen molar-refractivity contribution < 1.29 is 14.3 Å². The SMILES string of the molecule is COc1ccccc1OC(C)c1nnc(SCC(=O)Nc2nc3c(C)cccc3s2)n1C. The molecule has 4 rings (SSSR count). The number of amides is 1. The molecule has 0 aliphatic carbocycles. The van der Waals surface area contributed by atoms with Crippen LogP contribution in [0.15, 0.2) is 47.6 Å². The number of nitrogens with zero attached hydrogens (tertiary/aromatic N) is 4. The van der Waals surface area contributed by atoms with Crippen LogP contribution in [0.3, 0.4) is 0 Å². The minimum atomic E-state index is -0.349. The summed E-state index contributed by atoms with van der Waals surface area (Å²) in [6, 6.07) is 13.4.